The van der Waals surface area contributed by atoms with Crippen LogP contribution < -0.4 is 9.44 Å². The van der Waals surface area contributed by atoms with Crippen molar-refractivity contribution >= 4 is 27.9 Å². The van der Waals surface area contributed by atoms with Gasteiger partial charge in [0.05, 0.1) is 5.69 Å². The molecule has 0 radical (unpaired) electrons. The molecule has 1 aliphatic rings. The highest BCUT2D eigenvalue weighted by Gasteiger charge is 2.26. The van der Waals surface area contributed by atoms with Gasteiger partial charge >= 0.3 is 5.97 Å². The summed E-state index contributed by atoms with van der Waals surface area (Å²) in [6.07, 6.45) is 4.12. The van der Waals surface area contributed by atoms with Gasteiger partial charge in [0.25, 0.3) is 10.2 Å². The number of benzene rings is 1. The van der Waals surface area contributed by atoms with Gasteiger partial charge in [0.2, 0.25) is 0 Å². The van der Waals surface area contributed by atoms with Crippen LogP contribution in [0.4, 0.5) is 5.69 Å². The Labute approximate surface area is 111 Å². The zero-order valence-electron chi connectivity index (χ0n) is 10.0. The number of aliphatic carboxylic acids is 1. The van der Waals surface area contributed by atoms with Crippen LogP contribution in [0.2, 0.25) is 0 Å². The standard InChI is InChI=1S/C12H14N2O4S/c15-12(16)7-4-9-2-1-3-11(8-9)14-19(17,18)13-10-5-6-10/h1-4,7-8,10,13-14H,5-6H2,(H,15,16)/b7-4+. The normalized spacial score (nSPS) is 15.6. The molecule has 3 N–H and O–H groups in total. The number of hydrogen-bond acceptors (Lipinski definition) is 3. The second-order valence-electron chi connectivity index (χ2n) is 4.29. The minimum atomic E-state index is -3.56. The monoisotopic (exact) mass is 282 g/mol. The first-order chi connectivity index (χ1) is 8.94. The number of carboxylic acids is 1. The summed E-state index contributed by atoms with van der Waals surface area (Å²) in [6.45, 7) is 0. The molecule has 0 heterocycles. The highest BCUT2D eigenvalue weighted by Crippen LogP contribution is 2.20. The number of rotatable bonds is 6. The summed E-state index contributed by atoms with van der Waals surface area (Å²) < 4.78 is 28.3. The lowest BCUT2D eigenvalue weighted by molar-refractivity contribution is -0.131. The third-order valence-electron chi connectivity index (χ3n) is 2.46. The minimum Gasteiger partial charge on any atom is -0.478 e. The Morgan fingerprint density at radius 3 is 2.74 bits per heavy atom. The van der Waals surface area contributed by atoms with Crippen LogP contribution in [-0.4, -0.2) is 25.5 Å². The maximum Gasteiger partial charge on any atom is 0.328 e. The molecule has 1 saturated carbocycles. The average Bonchev–Trinajstić information content (AvgIpc) is 3.09. The first-order valence-corrected chi connectivity index (χ1v) is 7.24. The largest absolute Gasteiger partial charge is 0.478 e. The zero-order chi connectivity index (χ0) is 13.9. The summed E-state index contributed by atoms with van der Waals surface area (Å²) in [4.78, 5) is 10.4. The molecule has 1 aliphatic carbocycles. The minimum absolute atomic E-state index is 0.0348. The lowest BCUT2D eigenvalue weighted by atomic mass is 10.2. The van der Waals surface area contributed by atoms with Crippen molar-refractivity contribution in [2.24, 2.45) is 0 Å². The van der Waals surface area contributed by atoms with Gasteiger partial charge in [-0.3, -0.25) is 4.72 Å². The van der Waals surface area contributed by atoms with Gasteiger partial charge in [0.15, 0.2) is 0 Å². The van der Waals surface area contributed by atoms with Crippen LogP contribution in [0.1, 0.15) is 18.4 Å². The summed E-state index contributed by atoms with van der Waals surface area (Å²) in [5.74, 6) is -1.05. The summed E-state index contributed by atoms with van der Waals surface area (Å²) in [6, 6.07) is 6.53. The van der Waals surface area contributed by atoms with Crippen molar-refractivity contribution in [1.29, 1.82) is 0 Å². The topological polar surface area (TPSA) is 95.5 Å². The molecule has 7 heteroatoms. The maximum absolute atomic E-state index is 11.7. The lowest BCUT2D eigenvalue weighted by Gasteiger charge is -2.08. The van der Waals surface area contributed by atoms with E-state index in [4.69, 9.17) is 5.11 Å². The fourth-order valence-corrected chi connectivity index (χ4v) is 2.65. The van der Waals surface area contributed by atoms with Crippen LogP contribution in [0.25, 0.3) is 6.08 Å². The molecule has 0 bridgehead atoms. The molecule has 0 unspecified atom stereocenters. The van der Waals surface area contributed by atoms with Crippen molar-refractivity contribution in [1.82, 2.24) is 4.72 Å². The Bertz CT molecular complexity index is 606. The maximum atomic E-state index is 11.7. The molecule has 102 valence electrons. The molecule has 0 aromatic heterocycles. The summed E-state index contributed by atoms with van der Waals surface area (Å²) in [7, 11) is -3.56. The molecule has 0 saturated heterocycles. The number of nitrogens with one attached hydrogen (secondary N) is 2. The first-order valence-electron chi connectivity index (χ1n) is 5.76. The summed E-state index contributed by atoms with van der Waals surface area (Å²) >= 11 is 0. The second kappa shape index (κ2) is 5.41. The molecular weight excluding hydrogens is 268 g/mol. The molecule has 2 rings (SSSR count). The highest BCUT2D eigenvalue weighted by molar-refractivity contribution is 7.90. The van der Waals surface area contributed by atoms with E-state index in [9.17, 15) is 13.2 Å². The predicted octanol–water partition coefficient (Wildman–Crippen LogP) is 1.19. The Hall–Kier alpha value is -1.86. The van der Waals surface area contributed by atoms with Crippen LogP contribution in [0.5, 0.6) is 0 Å². The van der Waals surface area contributed by atoms with Crippen LogP contribution >= 0.6 is 0 Å². The van der Waals surface area contributed by atoms with Crippen LogP contribution in [-0.2, 0) is 15.0 Å². The fraction of sp³-hybridized carbons (Fsp3) is 0.250. The van der Waals surface area contributed by atoms with Gasteiger partial charge in [-0.25, -0.2) is 4.79 Å². The van der Waals surface area contributed by atoms with Crippen molar-refractivity contribution in [3.8, 4) is 0 Å². The number of hydrogen-bond donors (Lipinski definition) is 3. The quantitative estimate of drug-likeness (QED) is 0.683. The second-order valence-corrected chi connectivity index (χ2v) is 5.74. The Kier molecular flexibility index (Phi) is 3.87. The molecule has 6 nitrogen and oxygen atoms in total. The SMILES string of the molecule is O=C(O)/C=C/c1cccc(NS(=O)(=O)NC2CC2)c1. The van der Waals surface area contributed by atoms with E-state index in [1.165, 1.54) is 6.08 Å². The number of carbonyl (C=O) groups is 1. The molecule has 1 aromatic rings. The van der Waals surface area contributed by atoms with Crippen molar-refractivity contribution in [3.05, 3.63) is 35.9 Å². The van der Waals surface area contributed by atoms with Crippen LogP contribution in [0, 0.1) is 0 Å². The van der Waals surface area contributed by atoms with Gasteiger partial charge in [-0.15, -0.1) is 0 Å². The van der Waals surface area contributed by atoms with Crippen molar-refractivity contribution in [3.63, 3.8) is 0 Å². The van der Waals surface area contributed by atoms with Gasteiger partial charge in [0.1, 0.15) is 0 Å². The Balaban J connectivity index is 2.07. The third-order valence-corrected chi connectivity index (χ3v) is 3.60. The van der Waals surface area contributed by atoms with E-state index >= 15 is 0 Å². The van der Waals surface area contributed by atoms with E-state index in [1.807, 2.05) is 0 Å². The van der Waals surface area contributed by atoms with Crippen LogP contribution in [0.15, 0.2) is 30.3 Å². The Morgan fingerprint density at radius 2 is 2.11 bits per heavy atom. The summed E-state index contributed by atoms with van der Waals surface area (Å²) in [5.41, 5.74) is 0.995. The lowest BCUT2D eigenvalue weighted by Crippen LogP contribution is -2.31. The number of carboxylic acid groups (broad SMARTS) is 1. The van der Waals surface area contributed by atoms with Crippen LogP contribution in [0.3, 0.4) is 0 Å². The highest BCUT2D eigenvalue weighted by atomic mass is 32.2. The van der Waals surface area contributed by atoms with E-state index in [1.54, 1.807) is 24.3 Å². The van der Waals surface area contributed by atoms with Gasteiger partial charge in [-0.1, -0.05) is 12.1 Å². The first kappa shape index (κ1) is 13.6. The summed E-state index contributed by atoms with van der Waals surface area (Å²) in [5, 5.41) is 8.53. The van der Waals surface area contributed by atoms with Gasteiger partial charge in [0, 0.05) is 12.1 Å². The van der Waals surface area contributed by atoms with Crippen molar-refractivity contribution in [2.45, 2.75) is 18.9 Å². The molecule has 0 atom stereocenters. The zero-order valence-corrected chi connectivity index (χ0v) is 10.9. The predicted molar refractivity (Wildman–Crippen MR) is 71.8 cm³/mol. The molecule has 1 aromatic carbocycles. The molecule has 1 fully saturated rings. The molecule has 19 heavy (non-hydrogen) atoms. The Morgan fingerprint density at radius 1 is 1.37 bits per heavy atom. The van der Waals surface area contributed by atoms with Gasteiger partial charge < -0.3 is 5.11 Å². The molecule has 0 aliphatic heterocycles. The van der Waals surface area contributed by atoms with Gasteiger partial charge in [-0.05, 0) is 36.6 Å². The van der Waals surface area contributed by atoms with E-state index in [0.717, 1.165) is 18.9 Å². The molecule has 0 spiro atoms. The average molecular weight is 282 g/mol. The van der Waals surface area contributed by atoms with E-state index in [-0.39, 0.29) is 6.04 Å². The molecule has 0 amide bonds. The van der Waals surface area contributed by atoms with Crippen molar-refractivity contribution in [2.75, 3.05) is 4.72 Å². The van der Waals surface area contributed by atoms with E-state index < -0.39 is 16.2 Å². The fourth-order valence-electron chi connectivity index (χ4n) is 1.48. The number of anilines is 1. The van der Waals surface area contributed by atoms with E-state index in [2.05, 4.69) is 9.44 Å². The smallest absolute Gasteiger partial charge is 0.328 e. The third kappa shape index (κ3) is 4.72. The molecular formula is C12H14N2O4S. The van der Waals surface area contributed by atoms with Crippen molar-refractivity contribution < 1.29 is 18.3 Å². The van der Waals surface area contributed by atoms with E-state index in [0.29, 0.717) is 11.3 Å². The van der Waals surface area contributed by atoms with Gasteiger partial charge in [-0.2, -0.15) is 13.1 Å².